The van der Waals surface area contributed by atoms with Crippen LogP contribution in [-0.4, -0.2) is 43.5 Å². The van der Waals surface area contributed by atoms with Crippen molar-refractivity contribution < 1.29 is 4.74 Å². The van der Waals surface area contributed by atoms with Gasteiger partial charge in [0.15, 0.2) is 0 Å². The Morgan fingerprint density at radius 1 is 1.35 bits per heavy atom. The molecule has 0 aromatic carbocycles. The predicted molar refractivity (Wildman–Crippen MR) is 75.6 cm³/mol. The maximum atomic E-state index is 5.69. The Labute approximate surface area is 117 Å². The van der Waals surface area contributed by atoms with Crippen molar-refractivity contribution in [1.82, 2.24) is 24.7 Å². The average molecular weight is 277 g/mol. The smallest absolute Gasteiger partial charge is 0.257 e. The zero-order chi connectivity index (χ0) is 14.6. The molecular formula is C12H19N7O. The summed E-state index contributed by atoms with van der Waals surface area (Å²) in [6.07, 6.45) is 3.38. The van der Waals surface area contributed by atoms with E-state index in [2.05, 4.69) is 25.4 Å². The number of nitrogens with two attached hydrogens (primary N) is 1. The fraction of sp³-hybridized carbons (Fsp3) is 0.500. The van der Waals surface area contributed by atoms with Crippen molar-refractivity contribution in [2.24, 2.45) is 0 Å². The van der Waals surface area contributed by atoms with E-state index in [1.165, 1.54) is 4.68 Å². The Morgan fingerprint density at radius 3 is 2.80 bits per heavy atom. The van der Waals surface area contributed by atoms with E-state index >= 15 is 0 Å². The van der Waals surface area contributed by atoms with Crippen molar-refractivity contribution in [3.63, 3.8) is 0 Å². The quantitative estimate of drug-likeness (QED) is 0.807. The Balaban J connectivity index is 2.13. The number of rotatable bonds is 6. The maximum Gasteiger partial charge on any atom is 0.257 e. The molecule has 3 N–H and O–H groups in total. The van der Waals surface area contributed by atoms with Crippen LogP contribution >= 0.6 is 0 Å². The van der Waals surface area contributed by atoms with E-state index in [1.54, 1.807) is 18.5 Å². The van der Waals surface area contributed by atoms with E-state index in [0.29, 0.717) is 25.0 Å². The third-order valence-electron chi connectivity index (χ3n) is 2.56. The fourth-order valence-electron chi connectivity index (χ4n) is 1.68. The number of nitrogen functional groups attached to an aromatic ring is 1. The molecule has 108 valence electrons. The van der Waals surface area contributed by atoms with Crippen LogP contribution in [0.4, 0.5) is 11.9 Å². The lowest BCUT2D eigenvalue weighted by molar-refractivity contribution is 0.000579. The molecule has 0 saturated carbocycles. The van der Waals surface area contributed by atoms with Gasteiger partial charge >= 0.3 is 0 Å². The summed E-state index contributed by atoms with van der Waals surface area (Å²) >= 11 is 0. The van der Waals surface area contributed by atoms with Gasteiger partial charge in [0.2, 0.25) is 11.9 Å². The molecule has 2 rings (SSSR count). The van der Waals surface area contributed by atoms with Crippen LogP contribution in [0.3, 0.4) is 0 Å². The first-order valence-electron chi connectivity index (χ1n) is 6.39. The fourth-order valence-corrected chi connectivity index (χ4v) is 1.68. The Bertz CT molecular complexity index is 553. The van der Waals surface area contributed by atoms with Gasteiger partial charge < -0.3 is 15.8 Å². The lowest BCUT2D eigenvalue weighted by Crippen LogP contribution is -2.34. The third kappa shape index (κ3) is 3.64. The summed E-state index contributed by atoms with van der Waals surface area (Å²) in [5, 5.41) is 7.17. The van der Waals surface area contributed by atoms with Crippen molar-refractivity contribution in [3.05, 3.63) is 18.5 Å². The highest BCUT2D eigenvalue weighted by molar-refractivity contribution is 5.35. The molecule has 0 radical (unpaired) electrons. The van der Waals surface area contributed by atoms with Crippen molar-refractivity contribution in [2.75, 3.05) is 24.2 Å². The highest BCUT2D eigenvalue weighted by Crippen LogP contribution is 2.11. The summed E-state index contributed by atoms with van der Waals surface area (Å²) < 4.78 is 7.13. The summed E-state index contributed by atoms with van der Waals surface area (Å²) in [4.78, 5) is 12.4. The SMILES string of the molecule is CCOC(C)(C)CNc1nc(N)nc(-n2cccn2)n1. The molecule has 8 heteroatoms. The molecular weight excluding hydrogens is 258 g/mol. The zero-order valence-electron chi connectivity index (χ0n) is 11.9. The van der Waals surface area contributed by atoms with Gasteiger partial charge in [0.25, 0.3) is 5.95 Å². The molecule has 0 atom stereocenters. The molecule has 0 fully saturated rings. The summed E-state index contributed by atoms with van der Waals surface area (Å²) in [7, 11) is 0. The molecule has 8 nitrogen and oxygen atoms in total. The minimum Gasteiger partial charge on any atom is -0.374 e. The summed E-state index contributed by atoms with van der Waals surface area (Å²) in [5.41, 5.74) is 5.37. The van der Waals surface area contributed by atoms with Gasteiger partial charge in [0, 0.05) is 25.5 Å². The predicted octanol–water partition coefficient (Wildman–Crippen LogP) is 0.866. The number of hydrogen-bond donors (Lipinski definition) is 2. The highest BCUT2D eigenvalue weighted by atomic mass is 16.5. The lowest BCUT2D eigenvalue weighted by Gasteiger charge is -2.24. The van der Waals surface area contributed by atoms with E-state index in [9.17, 15) is 0 Å². The van der Waals surface area contributed by atoms with E-state index in [1.807, 2.05) is 20.8 Å². The van der Waals surface area contributed by atoms with Gasteiger partial charge in [-0.25, -0.2) is 4.68 Å². The molecule has 0 aliphatic rings. The van der Waals surface area contributed by atoms with Gasteiger partial charge in [-0.2, -0.15) is 20.1 Å². The Kier molecular flexibility index (Phi) is 4.14. The normalized spacial score (nSPS) is 11.6. The van der Waals surface area contributed by atoms with E-state index < -0.39 is 0 Å². The third-order valence-corrected chi connectivity index (χ3v) is 2.56. The summed E-state index contributed by atoms with van der Waals surface area (Å²) in [6.45, 7) is 7.14. The number of nitrogens with zero attached hydrogens (tertiary/aromatic N) is 5. The van der Waals surface area contributed by atoms with Crippen molar-refractivity contribution in [2.45, 2.75) is 26.4 Å². The van der Waals surface area contributed by atoms with Gasteiger partial charge in [-0.05, 0) is 26.8 Å². The average Bonchev–Trinajstić information content (AvgIpc) is 2.90. The minimum atomic E-state index is -0.317. The molecule has 2 aromatic rings. The van der Waals surface area contributed by atoms with Crippen molar-refractivity contribution in [1.29, 1.82) is 0 Å². The maximum absolute atomic E-state index is 5.69. The van der Waals surface area contributed by atoms with Gasteiger partial charge in [0.05, 0.1) is 5.60 Å². The number of hydrogen-bond acceptors (Lipinski definition) is 7. The standard InChI is InChI=1S/C12H19N7O/c1-4-20-12(2,3)8-14-10-16-9(13)17-11(18-10)19-7-5-6-15-19/h5-7H,4,8H2,1-3H3,(H3,13,14,16,17,18). The first-order valence-corrected chi connectivity index (χ1v) is 6.39. The van der Waals surface area contributed by atoms with E-state index in [4.69, 9.17) is 10.5 Å². The van der Waals surface area contributed by atoms with Gasteiger partial charge in [0.1, 0.15) is 0 Å². The Hall–Kier alpha value is -2.22. The highest BCUT2D eigenvalue weighted by Gasteiger charge is 2.18. The van der Waals surface area contributed by atoms with Crippen LogP contribution in [0.25, 0.3) is 5.95 Å². The second-order valence-electron chi connectivity index (χ2n) is 4.81. The first kappa shape index (κ1) is 14.2. The summed E-state index contributed by atoms with van der Waals surface area (Å²) in [5.74, 6) is 0.914. The summed E-state index contributed by atoms with van der Waals surface area (Å²) in [6, 6.07) is 1.78. The second kappa shape index (κ2) is 5.83. The molecule has 0 aliphatic carbocycles. The Morgan fingerprint density at radius 2 is 2.15 bits per heavy atom. The molecule has 2 aromatic heterocycles. The van der Waals surface area contributed by atoms with Crippen LogP contribution in [-0.2, 0) is 4.74 Å². The molecule has 0 spiro atoms. The molecule has 0 amide bonds. The van der Waals surface area contributed by atoms with Crippen molar-refractivity contribution >= 4 is 11.9 Å². The molecule has 2 heterocycles. The molecule has 0 aliphatic heterocycles. The van der Waals surface area contributed by atoms with E-state index in [-0.39, 0.29) is 11.5 Å². The van der Waals surface area contributed by atoms with Crippen LogP contribution in [0, 0.1) is 0 Å². The van der Waals surface area contributed by atoms with Gasteiger partial charge in [-0.15, -0.1) is 0 Å². The van der Waals surface area contributed by atoms with Crippen molar-refractivity contribution in [3.8, 4) is 5.95 Å². The zero-order valence-corrected chi connectivity index (χ0v) is 11.9. The monoisotopic (exact) mass is 277 g/mol. The van der Waals surface area contributed by atoms with Crippen LogP contribution < -0.4 is 11.1 Å². The number of ether oxygens (including phenoxy) is 1. The topological polar surface area (TPSA) is 104 Å². The van der Waals surface area contributed by atoms with Crippen LogP contribution in [0.2, 0.25) is 0 Å². The van der Waals surface area contributed by atoms with Crippen LogP contribution in [0.1, 0.15) is 20.8 Å². The first-order chi connectivity index (χ1) is 9.50. The number of aromatic nitrogens is 5. The molecule has 0 saturated heterocycles. The lowest BCUT2D eigenvalue weighted by atomic mass is 10.1. The largest absolute Gasteiger partial charge is 0.374 e. The molecule has 0 bridgehead atoms. The number of anilines is 2. The van der Waals surface area contributed by atoms with Gasteiger partial charge in [-0.3, -0.25) is 0 Å². The van der Waals surface area contributed by atoms with E-state index in [0.717, 1.165) is 0 Å². The second-order valence-corrected chi connectivity index (χ2v) is 4.81. The number of nitrogens with one attached hydrogen (secondary N) is 1. The molecule has 0 unspecified atom stereocenters. The van der Waals surface area contributed by atoms with Gasteiger partial charge in [-0.1, -0.05) is 0 Å². The van der Waals surface area contributed by atoms with Crippen LogP contribution in [0.5, 0.6) is 0 Å². The minimum absolute atomic E-state index is 0.141. The molecule has 20 heavy (non-hydrogen) atoms. The van der Waals surface area contributed by atoms with Crippen LogP contribution in [0.15, 0.2) is 18.5 Å².